The monoisotopic (exact) mass is 505 g/mol. The second-order valence-electron chi connectivity index (χ2n) is 9.90. The van der Waals surface area contributed by atoms with Gasteiger partial charge in [-0.1, -0.05) is 18.2 Å². The summed E-state index contributed by atoms with van der Waals surface area (Å²) in [7, 11) is 5.57. The standard InChI is InChI=1S/C30H31N7O/c1-19(37-15-12-21(13-16-37)20-5-7-22(8-6-20)30(38)35(2)3)27-17-25-23(11-14-33-29(25)36(27)4)24-9-10-28(32)34-26(24)18-31/h5-12,14,17,19H,13,15-16H2,1-4H3,(H2,32,34)/t19-/m1/s1. The van der Waals surface area contributed by atoms with Crippen molar-refractivity contribution in [1.29, 1.82) is 5.26 Å². The molecule has 192 valence electrons. The Hall–Kier alpha value is -4.48. The van der Waals surface area contributed by atoms with E-state index < -0.39 is 0 Å². The average Bonchev–Trinajstić information content (AvgIpc) is 3.28. The molecule has 1 aliphatic heterocycles. The van der Waals surface area contributed by atoms with E-state index in [1.165, 1.54) is 5.57 Å². The Bertz CT molecular complexity index is 1590. The second-order valence-corrected chi connectivity index (χ2v) is 9.90. The minimum absolute atomic E-state index is 0.0123. The number of aryl methyl sites for hydroxylation is 1. The van der Waals surface area contributed by atoms with Crippen molar-refractivity contribution in [2.24, 2.45) is 7.05 Å². The van der Waals surface area contributed by atoms with Gasteiger partial charge in [0, 0.05) is 68.7 Å². The second kappa shape index (κ2) is 10.1. The van der Waals surface area contributed by atoms with E-state index in [1.807, 2.05) is 43.4 Å². The number of anilines is 1. The Morgan fingerprint density at radius 2 is 1.89 bits per heavy atom. The highest BCUT2D eigenvalue weighted by Crippen LogP contribution is 2.35. The molecule has 0 aliphatic carbocycles. The highest BCUT2D eigenvalue weighted by atomic mass is 16.2. The summed E-state index contributed by atoms with van der Waals surface area (Å²) < 4.78 is 2.14. The van der Waals surface area contributed by atoms with Gasteiger partial charge in [-0.25, -0.2) is 9.97 Å². The van der Waals surface area contributed by atoms with Crippen LogP contribution in [0, 0.1) is 11.3 Å². The molecule has 3 aromatic heterocycles. The van der Waals surface area contributed by atoms with Gasteiger partial charge in [0.05, 0.1) is 0 Å². The molecular weight excluding hydrogens is 474 g/mol. The van der Waals surface area contributed by atoms with Crippen molar-refractivity contribution in [3.63, 3.8) is 0 Å². The van der Waals surface area contributed by atoms with Crippen LogP contribution in [0.5, 0.6) is 0 Å². The first-order valence-electron chi connectivity index (χ1n) is 12.6. The quantitative estimate of drug-likeness (QED) is 0.424. The molecule has 0 radical (unpaired) electrons. The van der Waals surface area contributed by atoms with Gasteiger partial charge >= 0.3 is 0 Å². The fraction of sp³-hybridized carbons (Fsp3) is 0.267. The summed E-state index contributed by atoms with van der Waals surface area (Å²) in [6, 6.07) is 17.9. The van der Waals surface area contributed by atoms with Crippen molar-refractivity contribution < 1.29 is 4.79 Å². The number of carbonyl (C=O) groups excluding carboxylic acids is 1. The summed E-state index contributed by atoms with van der Waals surface area (Å²) >= 11 is 0. The van der Waals surface area contributed by atoms with E-state index >= 15 is 0 Å². The molecule has 0 fully saturated rings. The Balaban J connectivity index is 1.40. The molecule has 0 spiro atoms. The fourth-order valence-electron chi connectivity index (χ4n) is 5.22. The van der Waals surface area contributed by atoms with Crippen molar-refractivity contribution >= 4 is 28.3 Å². The minimum atomic E-state index is 0.0123. The Morgan fingerprint density at radius 1 is 1.13 bits per heavy atom. The van der Waals surface area contributed by atoms with Crippen LogP contribution in [-0.4, -0.2) is 57.4 Å². The number of hydrogen-bond donors (Lipinski definition) is 1. The summed E-state index contributed by atoms with van der Waals surface area (Å²) in [5, 5.41) is 10.6. The maximum Gasteiger partial charge on any atom is 0.253 e. The number of nitrogens with two attached hydrogens (primary N) is 1. The van der Waals surface area contributed by atoms with Gasteiger partial charge in [0.2, 0.25) is 0 Å². The maximum atomic E-state index is 12.2. The molecule has 1 aliphatic rings. The van der Waals surface area contributed by atoms with E-state index in [1.54, 1.807) is 31.3 Å². The fourth-order valence-corrected chi connectivity index (χ4v) is 5.22. The number of nitriles is 1. The minimum Gasteiger partial charge on any atom is -0.384 e. The SMILES string of the molecule is C[C@H](c1cc2c(-c3ccc(N)nc3C#N)ccnc2n1C)N1CC=C(c2ccc(C(=O)N(C)C)cc2)CC1. The molecule has 4 aromatic rings. The van der Waals surface area contributed by atoms with E-state index in [0.29, 0.717) is 17.1 Å². The lowest BCUT2D eigenvalue weighted by atomic mass is 9.97. The van der Waals surface area contributed by atoms with E-state index in [2.05, 4.69) is 44.6 Å². The van der Waals surface area contributed by atoms with Crippen LogP contribution in [-0.2, 0) is 7.05 Å². The van der Waals surface area contributed by atoms with E-state index in [0.717, 1.165) is 52.9 Å². The normalized spacial score (nSPS) is 14.7. The highest BCUT2D eigenvalue weighted by Gasteiger charge is 2.24. The van der Waals surface area contributed by atoms with Crippen molar-refractivity contribution in [3.05, 3.63) is 83.3 Å². The molecule has 1 atom stereocenters. The van der Waals surface area contributed by atoms with Gasteiger partial charge in [-0.2, -0.15) is 5.26 Å². The third-order valence-electron chi connectivity index (χ3n) is 7.40. The molecule has 38 heavy (non-hydrogen) atoms. The first-order valence-corrected chi connectivity index (χ1v) is 12.6. The predicted molar refractivity (Wildman–Crippen MR) is 150 cm³/mol. The van der Waals surface area contributed by atoms with E-state index in [4.69, 9.17) is 5.73 Å². The third-order valence-corrected chi connectivity index (χ3v) is 7.40. The zero-order valence-corrected chi connectivity index (χ0v) is 22.1. The lowest BCUT2D eigenvalue weighted by Crippen LogP contribution is -2.32. The van der Waals surface area contributed by atoms with Gasteiger partial charge in [0.25, 0.3) is 5.91 Å². The molecule has 8 heteroatoms. The molecule has 0 saturated carbocycles. The van der Waals surface area contributed by atoms with Crippen LogP contribution >= 0.6 is 0 Å². The Kier molecular flexibility index (Phi) is 6.70. The average molecular weight is 506 g/mol. The molecule has 1 aromatic carbocycles. The summed E-state index contributed by atoms with van der Waals surface area (Å²) in [5.74, 6) is 0.340. The number of nitrogen functional groups attached to an aromatic ring is 1. The number of pyridine rings is 2. The van der Waals surface area contributed by atoms with Crippen molar-refractivity contribution in [2.45, 2.75) is 19.4 Å². The maximum absolute atomic E-state index is 12.2. The Labute approximate surface area is 222 Å². The van der Waals surface area contributed by atoms with Gasteiger partial charge in [-0.15, -0.1) is 0 Å². The number of aromatic nitrogens is 3. The van der Waals surface area contributed by atoms with Gasteiger partial charge in [0.1, 0.15) is 17.5 Å². The number of benzene rings is 1. The largest absolute Gasteiger partial charge is 0.384 e. The number of nitrogens with zero attached hydrogens (tertiary/aromatic N) is 6. The Morgan fingerprint density at radius 3 is 2.55 bits per heavy atom. The summed E-state index contributed by atoms with van der Waals surface area (Å²) in [4.78, 5) is 25.1. The smallest absolute Gasteiger partial charge is 0.253 e. The van der Waals surface area contributed by atoms with Crippen LogP contribution in [0.3, 0.4) is 0 Å². The number of fused-ring (bicyclic) bond motifs is 1. The van der Waals surface area contributed by atoms with Crippen molar-refractivity contribution in [3.8, 4) is 17.2 Å². The van der Waals surface area contributed by atoms with Crippen LogP contribution in [0.15, 0.2) is 60.8 Å². The number of amides is 1. The van der Waals surface area contributed by atoms with Crippen LogP contribution in [0.1, 0.15) is 46.7 Å². The van der Waals surface area contributed by atoms with Crippen LogP contribution in [0.2, 0.25) is 0 Å². The molecular formula is C30H31N7O. The molecule has 1 amide bonds. The van der Waals surface area contributed by atoms with Crippen molar-refractivity contribution in [2.75, 3.05) is 32.9 Å². The van der Waals surface area contributed by atoms with Crippen LogP contribution < -0.4 is 5.73 Å². The van der Waals surface area contributed by atoms with E-state index in [-0.39, 0.29) is 11.9 Å². The molecule has 8 nitrogen and oxygen atoms in total. The number of rotatable bonds is 5. The summed E-state index contributed by atoms with van der Waals surface area (Å²) in [6.07, 6.45) is 4.99. The van der Waals surface area contributed by atoms with Gasteiger partial charge in [-0.3, -0.25) is 9.69 Å². The molecule has 0 bridgehead atoms. The lowest BCUT2D eigenvalue weighted by molar-refractivity contribution is 0.0827. The number of hydrogen-bond acceptors (Lipinski definition) is 6. The predicted octanol–water partition coefficient (Wildman–Crippen LogP) is 4.64. The van der Waals surface area contributed by atoms with Gasteiger partial charge in [0.15, 0.2) is 5.69 Å². The molecule has 0 saturated heterocycles. The third kappa shape index (κ3) is 4.53. The van der Waals surface area contributed by atoms with Gasteiger partial charge < -0.3 is 15.2 Å². The zero-order valence-electron chi connectivity index (χ0n) is 22.1. The molecule has 0 unspecified atom stereocenters. The van der Waals surface area contributed by atoms with Crippen molar-refractivity contribution in [1.82, 2.24) is 24.3 Å². The first-order chi connectivity index (χ1) is 18.3. The summed E-state index contributed by atoms with van der Waals surface area (Å²) in [6.45, 7) is 3.98. The number of carbonyl (C=O) groups is 1. The van der Waals surface area contributed by atoms with Gasteiger partial charge in [-0.05, 0) is 66.4 Å². The first kappa shape index (κ1) is 25.2. The molecule has 4 heterocycles. The highest BCUT2D eigenvalue weighted by molar-refractivity contribution is 5.95. The zero-order chi connectivity index (χ0) is 27.0. The summed E-state index contributed by atoms with van der Waals surface area (Å²) in [5.41, 5.74) is 13.0. The topological polar surface area (TPSA) is 104 Å². The molecule has 5 rings (SSSR count). The van der Waals surface area contributed by atoms with Crippen LogP contribution in [0.4, 0.5) is 5.82 Å². The van der Waals surface area contributed by atoms with Crippen LogP contribution in [0.25, 0.3) is 27.7 Å². The van der Waals surface area contributed by atoms with E-state index in [9.17, 15) is 10.1 Å². The lowest BCUT2D eigenvalue weighted by Gasteiger charge is -2.32. The molecule has 2 N–H and O–H groups in total.